The Bertz CT molecular complexity index is 343. The normalized spacial score (nSPS) is 14.9. The van der Waals surface area contributed by atoms with Gasteiger partial charge in [-0.05, 0) is 34.1 Å². The molecule has 0 aliphatic rings. The number of hydrogen-bond donors (Lipinski definition) is 0. The predicted molar refractivity (Wildman–Crippen MR) is 96.2 cm³/mol. The van der Waals surface area contributed by atoms with Crippen LogP contribution in [0.25, 0.3) is 0 Å². The van der Waals surface area contributed by atoms with E-state index < -0.39 is 0 Å². The largest absolute Gasteiger partial charge is 0.460 e. The molecule has 0 N–H and O–H groups in total. The smallest absolute Gasteiger partial charge is 0.333 e. The first-order valence-corrected chi connectivity index (χ1v) is 9.04. The van der Waals surface area contributed by atoms with Crippen LogP contribution in [0, 0.1) is 0 Å². The van der Waals surface area contributed by atoms with Gasteiger partial charge in [-0.1, -0.05) is 32.8 Å². The summed E-state index contributed by atoms with van der Waals surface area (Å²) in [5.41, 5.74) is 0.391. The van der Waals surface area contributed by atoms with Gasteiger partial charge >= 0.3 is 5.97 Å². The van der Waals surface area contributed by atoms with E-state index in [2.05, 4.69) is 13.5 Å². The van der Waals surface area contributed by atoms with Gasteiger partial charge in [-0.25, -0.2) is 4.79 Å². The van der Waals surface area contributed by atoms with E-state index in [4.69, 9.17) is 18.9 Å². The minimum Gasteiger partial charge on any atom is -0.460 e. The van der Waals surface area contributed by atoms with Gasteiger partial charge < -0.3 is 18.9 Å². The van der Waals surface area contributed by atoms with Crippen LogP contribution in [0.5, 0.6) is 0 Å². The van der Waals surface area contributed by atoms with Crippen molar-refractivity contribution >= 4 is 5.97 Å². The van der Waals surface area contributed by atoms with Crippen LogP contribution in [-0.4, -0.2) is 50.7 Å². The number of ether oxygens (including phenoxy) is 4. The zero-order valence-electron chi connectivity index (χ0n) is 16.1. The number of unbranched alkanes of at least 4 members (excludes halogenated alkanes) is 3. The Labute approximate surface area is 147 Å². The molecule has 24 heavy (non-hydrogen) atoms. The maximum Gasteiger partial charge on any atom is 0.333 e. The van der Waals surface area contributed by atoms with Gasteiger partial charge in [0.05, 0.1) is 31.5 Å². The van der Waals surface area contributed by atoms with Gasteiger partial charge in [0.25, 0.3) is 0 Å². The molecule has 3 atom stereocenters. The number of esters is 1. The van der Waals surface area contributed by atoms with Crippen LogP contribution in [0.4, 0.5) is 0 Å². The number of rotatable bonds is 15. The molecule has 0 aliphatic carbocycles. The zero-order valence-corrected chi connectivity index (χ0v) is 16.1. The van der Waals surface area contributed by atoms with E-state index in [0.29, 0.717) is 18.8 Å². The SMILES string of the molecule is C=C(C)C(=O)OCC(C)OCC(C)OCC(C)OCCCCCC. The number of hydrogen-bond acceptors (Lipinski definition) is 5. The molecule has 5 nitrogen and oxygen atoms in total. The Balaban J connectivity index is 3.65. The molecule has 0 aliphatic heterocycles. The van der Waals surface area contributed by atoms with Gasteiger partial charge in [0.1, 0.15) is 6.61 Å². The Kier molecular flexibility index (Phi) is 13.9. The summed E-state index contributed by atoms with van der Waals surface area (Å²) in [5.74, 6) is -0.389. The van der Waals surface area contributed by atoms with E-state index >= 15 is 0 Å². The molecule has 0 fully saturated rings. The topological polar surface area (TPSA) is 54.0 Å². The molecule has 0 bridgehead atoms. The van der Waals surface area contributed by atoms with Gasteiger partial charge in [-0.15, -0.1) is 0 Å². The van der Waals surface area contributed by atoms with E-state index in [0.717, 1.165) is 13.0 Å². The van der Waals surface area contributed by atoms with Crippen LogP contribution in [0.3, 0.4) is 0 Å². The van der Waals surface area contributed by atoms with Crippen LogP contribution in [0.1, 0.15) is 60.3 Å². The average molecular weight is 344 g/mol. The Morgan fingerprint density at radius 2 is 1.42 bits per heavy atom. The van der Waals surface area contributed by atoms with Crippen molar-refractivity contribution in [2.75, 3.05) is 26.4 Å². The molecule has 5 heteroatoms. The minimum absolute atomic E-state index is 0.0320. The number of carbonyl (C=O) groups excluding carboxylic acids is 1. The maximum absolute atomic E-state index is 11.3. The summed E-state index contributed by atoms with van der Waals surface area (Å²) < 4.78 is 22.1. The third-order valence-corrected chi connectivity index (χ3v) is 3.43. The molecule has 0 amide bonds. The highest BCUT2D eigenvalue weighted by atomic mass is 16.6. The summed E-state index contributed by atoms with van der Waals surface area (Å²) in [7, 11) is 0. The monoisotopic (exact) mass is 344 g/mol. The molecule has 0 aromatic heterocycles. The van der Waals surface area contributed by atoms with E-state index in [1.54, 1.807) is 6.92 Å². The fourth-order valence-corrected chi connectivity index (χ4v) is 1.87. The lowest BCUT2D eigenvalue weighted by Crippen LogP contribution is -2.27. The molecule has 0 spiro atoms. The van der Waals surface area contributed by atoms with Crippen molar-refractivity contribution in [2.24, 2.45) is 0 Å². The van der Waals surface area contributed by atoms with E-state index in [-0.39, 0.29) is 30.9 Å². The van der Waals surface area contributed by atoms with Gasteiger partial charge in [0.15, 0.2) is 0 Å². The van der Waals surface area contributed by atoms with Gasteiger partial charge in [-0.3, -0.25) is 0 Å². The second-order valence-corrected chi connectivity index (χ2v) is 6.41. The lowest BCUT2D eigenvalue weighted by Gasteiger charge is -2.20. The van der Waals surface area contributed by atoms with Crippen molar-refractivity contribution in [3.05, 3.63) is 12.2 Å². The first kappa shape index (κ1) is 23.1. The molecule has 0 aromatic carbocycles. The van der Waals surface area contributed by atoms with Crippen LogP contribution < -0.4 is 0 Å². The minimum atomic E-state index is -0.389. The highest BCUT2D eigenvalue weighted by Crippen LogP contribution is 2.04. The van der Waals surface area contributed by atoms with Gasteiger partial charge in [0, 0.05) is 12.2 Å². The summed E-state index contributed by atoms with van der Waals surface area (Å²) in [6.07, 6.45) is 4.72. The fraction of sp³-hybridized carbons (Fsp3) is 0.842. The molecule has 0 saturated carbocycles. The summed E-state index contributed by atoms with van der Waals surface area (Å²) in [6.45, 7) is 15.2. The van der Waals surface area contributed by atoms with E-state index in [1.807, 2.05) is 20.8 Å². The molecule has 0 saturated heterocycles. The van der Waals surface area contributed by atoms with E-state index in [9.17, 15) is 4.79 Å². The third kappa shape index (κ3) is 13.5. The van der Waals surface area contributed by atoms with Crippen molar-refractivity contribution in [3.8, 4) is 0 Å². The summed E-state index contributed by atoms with van der Waals surface area (Å²) >= 11 is 0. The zero-order chi connectivity index (χ0) is 18.4. The highest BCUT2D eigenvalue weighted by molar-refractivity contribution is 5.86. The van der Waals surface area contributed by atoms with Crippen molar-refractivity contribution in [2.45, 2.75) is 78.6 Å². The first-order valence-electron chi connectivity index (χ1n) is 9.04. The molecular formula is C19H36O5. The second kappa shape index (κ2) is 14.4. The average Bonchev–Trinajstić information content (AvgIpc) is 2.55. The molecule has 3 unspecified atom stereocenters. The Morgan fingerprint density at radius 1 is 0.875 bits per heavy atom. The molecular weight excluding hydrogens is 308 g/mol. The van der Waals surface area contributed by atoms with Gasteiger partial charge in [-0.2, -0.15) is 0 Å². The van der Waals surface area contributed by atoms with Crippen molar-refractivity contribution in [3.63, 3.8) is 0 Å². The van der Waals surface area contributed by atoms with E-state index in [1.165, 1.54) is 19.3 Å². The quantitative estimate of drug-likeness (QED) is 0.256. The molecule has 0 heterocycles. The molecule has 0 radical (unpaired) electrons. The van der Waals surface area contributed by atoms with Crippen LogP contribution in [0.15, 0.2) is 12.2 Å². The van der Waals surface area contributed by atoms with Crippen molar-refractivity contribution in [1.82, 2.24) is 0 Å². The fourth-order valence-electron chi connectivity index (χ4n) is 1.87. The Morgan fingerprint density at radius 3 is 1.96 bits per heavy atom. The molecule has 0 aromatic rings. The first-order chi connectivity index (χ1) is 11.4. The van der Waals surface area contributed by atoms with Crippen molar-refractivity contribution in [1.29, 1.82) is 0 Å². The lowest BCUT2D eigenvalue weighted by molar-refractivity contribution is -0.144. The Hall–Kier alpha value is -0.910. The van der Waals surface area contributed by atoms with Crippen LogP contribution in [-0.2, 0) is 23.7 Å². The number of carbonyl (C=O) groups is 1. The van der Waals surface area contributed by atoms with Gasteiger partial charge in [0.2, 0.25) is 0 Å². The van der Waals surface area contributed by atoms with Crippen LogP contribution >= 0.6 is 0 Å². The molecule has 142 valence electrons. The summed E-state index contributed by atoms with van der Waals surface area (Å²) in [4.78, 5) is 11.3. The molecule has 0 rings (SSSR count). The third-order valence-electron chi connectivity index (χ3n) is 3.43. The summed E-state index contributed by atoms with van der Waals surface area (Å²) in [6, 6.07) is 0. The summed E-state index contributed by atoms with van der Waals surface area (Å²) in [5, 5.41) is 0. The van der Waals surface area contributed by atoms with Crippen LogP contribution in [0.2, 0.25) is 0 Å². The second-order valence-electron chi connectivity index (χ2n) is 6.41. The predicted octanol–water partition coefficient (Wildman–Crippen LogP) is 3.90. The lowest BCUT2D eigenvalue weighted by atomic mass is 10.2. The highest BCUT2D eigenvalue weighted by Gasteiger charge is 2.11. The maximum atomic E-state index is 11.3. The van der Waals surface area contributed by atoms with Crippen molar-refractivity contribution < 1.29 is 23.7 Å². The standard InChI is InChI=1S/C19H36O5/c1-7-8-9-10-11-21-16(4)12-22-17(5)13-23-18(6)14-24-19(20)15(2)3/h16-18H,2,7-14H2,1,3-6H3.